The standard InChI is InChI=1S/C73H142O17P2/c1-7-10-12-14-16-18-20-21-22-23-24-25-26-27-28-30-39-45-51-57-72(77)89-68(62-84-71(76)56-50-44-38-34-32-36-42-48-54-66(6)9-3)63-87-91(79,80)85-59-67(74)60-86-92(81,82)88-64-69(61-83-70(75)55-49-43-37-29-19-17-15-13-11-8-2)90-73(78)58-52-46-40-33-31-35-41-47-53-65(4)5/h65-69,74H,7-64H2,1-6H3,(H,79,80)(H,81,82)/t66?,67-,68-,69-/m1/s1. The lowest BCUT2D eigenvalue weighted by molar-refractivity contribution is -0.161. The maximum Gasteiger partial charge on any atom is 0.472 e. The SMILES string of the molecule is CCCCCCCCCCCCCCCCCCCCCC(=O)O[C@H](COC(=O)CCCCCCCCCCC(C)CC)COP(=O)(O)OC[C@@H](O)COP(=O)(O)OC[C@@H](COC(=O)CCCCCCCCCCCC)OC(=O)CCCCCCCCCCC(C)C. The molecule has 0 aliphatic carbocycles. The van der Waals surface area contributed by atoms with Gasteiger partial charge >= 0.3 is 39.5 Å². The number of ether oxygens (including phenoxy) is 4. The molecular weight excluding hydrogens is 1210 g/mol. The van der Waals surface area contributed by atoms with Crippen molar-refractivity contribution in [2.24, 2.45) is 11.8 Å². The number of carbonyl (C=O) groups is 4. The van der Waals surface area contributed by atoms with Crippen LogP contribution < -0.4 is 0 Å². The molecule has 0 amide bonds. The highest BCUT2D eigenvalue weighted by Gasteiger charge is 2.30. The Labute approximate surface area is 562 Å². The molecule has 546 valence electrons. The summed E-state index contributed by atoms with van der Waals surface area (Å²) in [5, 5.41) is 10.6. The summed E-state index contributed by atoms with van der Waals surface area (Å²) in [6.07, 6.45) is 51.4. The van der Waals surface area contributed by atoms with Crippen LogP contribution in [0, 0.1) is 11.8 Å². The van der Waals surface area contributed by atoms with Gasteiger partial charge in [0.2, 0.25) is 0 Å². The summed E-state index contributed by atoms with van der Waals surface area (Å²) in [5.41, 5.74) is 0. The Kier molecular flexibility index (Phi) is 63.7. The molecule has 0 heterocycles. The van der Waals surface area contributed by atoms with Crippen molar-refractivity contribution >= 4 is 39.5 Å². The molecular formula is C73H142O17P2. The summed E-state index contributed by atoms with van der Waals surface area (Å²) in [6.45, 7) is 9.52. The first-order chi connectivity index (χ1) is 44.4. The van der Waals surface area contributed by atoms with E-state index in [2.05, 4.69) is 41.5 Å². The average molecular weight is 1350 g/mol. The van der Waals surface area contributed by atoms with Gasteiger partial charge in [0.05, 0.1) is 26.4 Å². The van der Waals surface area contributed by atoms with E-state index in [1.165, 1.54) is 193 Å². The van der Waals surface area contributed by atoms with Gasteiger partial charge in [0, 0.05) is 25.7 Å². The van der Waals surface area contributed by atoms with E-state index in [0.29, 0.717) is 25.7 Å². The fraction of sp³-hybridized carbons (Fsp3) is 0.945. The largest absolute Gasteiger partial charge is 0.472 e. The third-order valence-electron chi connectivity index (χ3n) is 17.3. The molecule has 0 fully saturated rings. The first-order valence-electron chi connectivity index (χ1n) is 38.0. The number of aliphatic hydroxyl groups excluding tert-OH is 1. The molecule has 0 spiro atoms. The van der Waals surface area contributed by atoms with Crippen molar-refractivity contribution in [3.05, 3.63) is 0 Å². The zero-order valence-electron chi connectivity index (χ0n) is 59.9. The van der Waals surface area contributed by atoms with Crippen molar-refractivity contribution in [2.45, 2.75) is 394 Å². The van der Waals surface area contributed by atoms with E-state index in [1.807, 2.05) is 0 Å². The molecule has 3 N–H and O–H groups in total. The van der Waals surface area contributed by atoms with E-state index in [1.54, 1.807) is 0 Å². The first kappa shape index (κ1) is 90.1. The van der Waals surface area contributed by atoms with E-state index in [-0.39, 0.29) is 25.7 Å². The molecule has 92 heavy (non-hydrogen) atoms. The van der Waals surface area contributed by atoms with Gasteiger partial charge in [0.25, 0.3) is 0 Å². The molecule has 0 aliphatic rings. The number of hydrogen-bond donors (Lipinski definition) is 3. The molecule has 0 aliphatic heterocycles. The van der Waals surface area contributed by atoms with Crippen molar-refractivity contribution < 1.29 is 80.2 Å². The van der Waals surface area contributed by atoms with Crippen molar-refractivity contribution in [3.63, 3.8) is 0 Å². The summed E-state index contributed by atoms with van der Waals surface area (Å²) in [6, 6.07) is 0. The second-order valence-electron chi connectivity index (χ2n) is 27.1. The zero-order valence-corrected chi connectivity index (χ0v) is 61.6. The second kappa shape index (κ2) is 65.0. The first-order valence-corrected chi connectivity index (χ1v) is 41.0. The Morgan fingerprint density at radius 1 is 0.315 bits per heavy atom. The maximum atomic E-state index is 13.1. The van der Waals surface area contributed by atoms with E-state index in [9.17, 15) is 43.2 Å². The molecule has 0 aromatic rings. The minimum atomic E-state index is -4.95. The summed E-state index contributed by atoms with van der Waals surface area (Å²) >= 11 is 0. The van der Waals surface area contributed by atoms with Crippen LogP contribution in [0.5, 0.6) is 0 Å². The molecule has 17 nitrogen and oxygen atoms in total. The van der Waals surface area contributed by atoms with Crippen LogP contribution in [0.1, 0.15) is 375 Å². The van der Waals surface area contributed by atoms with Gasteiger partial charge in [0.1, 0.15) is 19.3 Å². The number of unbranched alkanes of at least 4 members (excludes halogenated alkanes) is 41. The Morgan fingerprint density at radius 3 is 0.826 bits per heavy atom. The topological polar surface area (TPSA) is 237 Å². The Hall–Kier alpha value is -1.94. The Balaban J connectivity index is 5.21. The van der Waals surface area contributed by atoms with Gasteiger partial charge in [-0.25, -0.2) is 9.13 Å². The normalized spacial score (nSPS) is 14.4. The molecule has 3 unspecified atom stereocenters. The van der Waals surface area contributed by atoms with Crippen LogP contribution in [0.4, 0.5) is 0 Å². The fourth-order valence-electron chi connectivity index (χ4n) is 11.1. The number of carbonyl (C=O) groups excluding carboxylic acids is 4. The van der Waals surface area contributed by atoms with Gasteiger partial charge in [0.15, 0.2) is 12.2 Å². The third-order valence-corrected chi connectivity index (χ3v) is 19.2. The minimum absolute atomic E-state index is 0.105. The molecule has 6 atom stereocenters. The quantitative estimate of drug-likeness (QED) is 0.0222. The monoisotopic (exact) mass is 1350 g/mol. The highest BCUT2D eigenvalue weighted by molar-refractivity contribution is 7.47. The maximum absolute atomic E-state index is 13.1. The summed E-state index contributed by atoms with van der Waals surface area (Å²) in [4.78, 5) is 72.6. The van der Waals surface area contributed by atoms with Crippen LogP contribution in [0.25, 0.3) is 0 Å². The van der Waals surface area contributed by atoms with Gasteiger partial charge in [-0.2, -0.15) is 0 Å². The minimum Gasteiger partial charge on any atom is -0.462 e. The van der Waals surface area contributed by atoms with Crippen molar-refractivity contribution in [3.8, 4) is 0 Å². The number of phosphoric ester groups is 2. The van der Waals surface area contributed by atoms with Crippen LogP contribution in [0.3, 0.4) is 0 Å². The van der Waals surface area contributed by atoms with Crippen LogP contribution in [-0.2, 0) is 65.4 Å². The molecule has 0 aromatic carbocycles. The number of hydrogen-bond acceptors (Lipinski definition) is 15. The smallest absolute Gasteiger partial charge is 0.462 e. The molecule has 0 aromatic heterocycles. The predicted octanol–water partition coefficient (Wildman–Crippen LogP) is 21.2. The summed E-state index contributed by atoms with van der Waals surface area (Å²) in [5.74, 6) is -0.627. The van der Waals surface area contributed by atoms with Crippen LogP contribution in [0.15, 0.2) is 0 Å². The van der Waals surface area contributed by atoms with Gasteiger partial charge in [-0.05, 0) is 37.5 Å². The van der Waals surface area contributed by atoms with Crippen LogP contribution in [-0.4, -0.2) is 96.7 Å². The Morgan fingerprint density at radius 2 is 0.554 bits per heavy atom. The zero-order chi connectivity index (χ0) is 67.9. The lowest BCUT2D eigenvalue weighted by atomic mass is 9.99. The number of esters is 4. The molecule has 0 radical (unpaired) electrons. The number of phosphoric acid groups is 2. The van der Waals surface area contributed by atoms with E-state index in [4.69, 9.17) is 37.0 Å². The van der Waals surface area contributed by atoms with E-state index < -0.39 is 97.5 Å². The summed E-state index contributed by atoms with van der Waals surface area (Å²) in [7, 11) is -9.90. The van der Waals surface area contributed by atoms with E-state index >= 15 is 0 Å². The van der Waals surface area contributed by atoms with Gasteiger partial charge < -0.3 is 33.8 Å². The number of aliphatic hydroxyl groups is 1. The lowest BCUT2D eigenvalue weighted by Crippen LogP contribution is -2.30. The average Bonchev–Trinajstić information content (AvgIpc) is 1.65. The van der Waals surface area contributed by atoms with E-state index in [0.717, 1.165) is 102 Å². The molecule has 0 saturated heterocycles. The molecule has 0 saturated carbocycles. The van der Waals surface area contributed by atoms with Crippen LogP contribution >= 0.6 is 15.6 Å². The lowest BCUT2D eigenvalue weighted by Gasteiger charge is -2.21. The molecule has 19 heteroatoms. The fourth-order valence-corrected chi connectivity index (χ4v) is 12.7. The van der Waals surface area contributed by atoms with Crippen molar-refractivity contribution in [1.82, 2.24) is 0 Å². The van der Waals surface area contributed by atoms with Crippen molar-refractivity contribution in [2.75, 3.05) is 39.6 Å². The highest BCUT2D eigenvalue weighted by Crippen LogP contribution is 2.45. The van der Waals surface area contributed by atoms with Gasteiger partial charge in [-0.3, -0.25) is 37.3 Å². The van der Waals surface area contributed by atoms with Crippen LogP contribution in [0.2, 0.25) is 0 Å². The highest BCUT2D eigenvalue weighted by atomic mass is 31.2. The third kappa shape index (κ3) is 65.4. The number of rotatable bonds is 72. The van der Waals surface area contributed by atoms with Gasteiger partial charge in [-0.15, -0.1) is 0 Å². The molecule has 0 rings (SSSR count). The second-order valence-corrected chi connectivity index (χ2v) is 30.0. The van der Waals surface area contributed by atoms with Crippen molar-refractivity contribution in [1.29, 1.82) is 0 Å². The Bertz CT molecular complexity index is 1790. The van der Waals surface area contributed by atoms with Gasteiger partial charge in [-0.1, -0.05) is 324 Å². The molecule has 0 bridgehead atoms. The predicted molar refractivity (Wildman–Crippen MR) is 372 cm³/mol. The summed E-state index contributed by atoms with van der Waals surface area (Å²) < 4.78 is 68.4.